The normalized spacial score (nSPS) is 59.4. The zero-order chi connectivity index (χ0) is 24.5. The van der Waals surface area contributed by atoms with Crippen LogP contribution < -0.4 is 0 Å². The van der Waals surface area contributed by atoms with Crippen LogP contribution in [0.5, 0.6) is 0 Å². The van der Waals surface area contributed by atoms with Crippen LogP contribution in [0.25, 0.3) is 0 Å². The summed E-state index contributed by atoms with van der Waals surface area (Å²) in [7, 11) is 0. The van der Waals surface area contributed by atoms with Gasteiger partial charge in [0.05, 0.1) is 0 Å². The number of hydrogen-bond acceptors (Lipinski definition) is 3. The van der Waals surface area contributed by atoms with E-state index in [1.165, 1.54) is 57.8 Å². The van der Waals surface area contributed by atoms with Gasteiger partial charge in [0, 0.05) is 17.8 Å². The van der Waals surface area contributed by atoms with Gasteiger partial charge in [0.25, 0.3) is 0 Å². The van der Waals surface area contributed by atoms with Crippen molar-refractivity contribution in [2.45, 2.75) is 137 Å². The van der Waals surface area contributed by atoms with Crippen molar-refractivity contribution in [2.75, 3.05) is 0 Å². The molecule has 34 heavy (non-hydrogen) atoms. The molecule has 5 saturated carbocycles. The highest BCUT2D eigenvalue weighted by molar-refractivity contribution is 5.66. The van der Waals surface area contributed by atoms with Crippen LogP contribution in [-0.4, -0.2) is 23.3 Å². The lowest BCUT2D eigenvalue weighted by atomic mass is 9.35. The molecule has 0 aromatic heterocycles. The molecule has 6 fully saturated rings. The number of epoxide rings is 1. The Balaban J connectivity index is 1.36. The Bertz CT molecular complexity index is 895. The van der Waals surface area contributed by atoms with E-state index in [1.807, 2.05) is 0 Å². The molecule has 1 aliphatic heterocycles. The van der Waals surface area contributed by atoms with Crippen LogP contribution in [0.2, 0.25) is 0 Å². The number of hydrogen-bond donors (Lipinski definition) is 0. The third-order valence-corrected chi connectivity index (χ3v) is 13.9. The van der Waals surface area contributed by atoms with Crippen molar-refractivity contribution in [1.29, 1.82) is 0 Å². The van der Waals surface area contributed by atoms with Gasteiger partial charge in [0.15, 0.2) is 0 Å². The highest BCUT2D eigenvalue weighted by Crippen LogP contribution is 2.83. The first-order valence-electron chi connectivity index (χ1n) is 14.6. The Morgan fingerprint density at radius 3 is 2.24 bits per heavy atom. The molecule has 6 aliphatic rings. The summed E-state index contributed by atoms with van der Waals surface area (Å²) in [6, 6.07) is 0. The molecule has 0 spiro atoms. The fraction of sp³-hybridized carbons (Fsp3) is 0.968. The maximum Gasteiger partial charge on any atom is 0.302 e. The maximum atomic E-state index is 11.9. The van der Waals surface area contributed by atoms with E-state index < -0.39 is 0 Å². The monoisotopic (exact) mass is 470 g/mol. The van der Waals surface area contributed by atoms with Crippen LogP contribution in [0.15, 0.2) is 0 Å². The summed E-state index contributed by atoms with van der Waals surface area (Å²) in [5.74, 6) is 3.54. The topological polar surface area (TPSA) is 38.8 Å². The van der Waals surface area contributed by atoms with Gasteiger partial charge in [-0.1, -0.05) is 48.5 Å². The largest absolute Gasteiger partial charge is 0.462 e. The molecule has 0 amide bonds. The van der Waals surface area contributed by atoms with E-state index in [-0.39, 0.29) is 34.1 Å². The summed E-state index contributed by atoms with van der Waals surface area (Å²) >= 11 is 0. The molecule has 6 rings (SSSR count). The van der Waals surface area contributed by atoms with E-state index in [0.717, 1.165) is 24.2 Å². The van der Waals surface area contributed by atoms with E-state index >= 15 is 0 Å². The number of rotatable bonds is 1. The second-order valence-electron chi connectivity index (χ2n) is 15.4. The Labute approximate surface area is 208 Å². The van der Waals surface area contributed by atoms with Crippen molar-refractivity contribution in [3.8, 4) is 0 Å². The number of carbonyl (C=O) groups excluding carboxylic acids is 1. The fourth-order valence-corrected chi connectivity index (χ4v) is 12.3. The molecule has 11 unspecified atom stereocenters. The van der Waals surface area contributed by atoms with Crippen LogP contribution in [0, 0.1) is 51.2 Å². The summed E-state index contributed by atoms with van der Waals surface area (Å²) in [4.78, 5) is 11.9. The van der Waals surface area contributed by atoms with Crippen molar-refractivity contribution < 1.29 is 14.3 Å². The predicted octanol–water partition coefficient (Wildman–Crippen LogP) is 7.56. The molecule has 0 bridgehead atoms. The smallest absolute Gasteiger partial charge is 0.302 e. The highest BCUT2D eigenvalue weighted by Gasteiger charge is 2.87. The second-order valence-corrected chi connectivity index (χ2v) is 15.4. The average molecular weight is 471 g/mol. The molecule has 0 N–H and O–H groups in total. The first kappa shape index (κ1) is 23.8. The molecule has 3 nitrogen and oxygen atoms in total. The van der Waals surface area contributed by atoms with Gasteiger partial charge < -0.3 is 9.47 Å². The van der Waals surface area contributed by atoms with Crippen molar-refractivity contribution in [3.63, 3.8) is 0 Å². The number of ether oxygens (including phenoxy) is 2. The van der Waals surface area contributed by atoms with Crippen LogP contribution in [0.3, 0.4) is 0 Å². The molecule has 0 aromatic rings. The number of fused-ring (bicyclic) bond motifs is 4. The van der Waals surface area contributed by atoms with E-state index in [2.05, 4.69) is 48.5 Å². The van der Waals surface area contributed by atoms with Crippen LogP contribution >= 0.6 is 0 Å². The van der Waals surface area contributed by atoms with Gasteiger partial charge in [0.1, 0.15) is 17.3 Å². The van der Waals surface area contributed by atoms with Crippen LogP contribution in [0.4, 0.5) is 0 Å². The van der Waals surface area contributed by atoms with E-state index in [4.69, 9.17) is 9.47 Å². The molecular weight excluding hydrogens is 420 g/mol. The van der Waals surface area contributed by atoms with Crippen molar-refractivity contribution in [3.05, 3.63) is 0 Å². The standard InChI is InChI=1S/C31H50O3/c1-19-9-13-27(6)17-18-31-29(8)15-10-22-26(4,5)24(33-21(3)32)12-14-28(22,7)23(29)11-16-30(31,34-31)25(27)20(19)2/h19-20,22-25H,9-18H2,1-8H3. The lowest BCUT2D eigenvalue weighted by Crippen LogP contribution is -2.67. The van der Waals surface area contributed by atoms with Gasteiger partial charge in [-0.25, -0.2) is 0 Å². The SMILES string of the molecule is CC(=O)OC1CCC2(C)C(CCC3(C)C2CCC24OC32CCC2(C)CCC(C)C(C)C24)C1(C)C. The number of esters is 1. The van der Waals surface area contributed by atoms with Crippen LogP contribution in [0.1, 0.15) is 120 Å². The molecule has 1 saturated heterocycles. The quantitative estimate of drug-likeness (QED) is 0.293. The average Bonchev–Trinajstić information content (AvgIpc) is 3.44. The van der Waals surface area contributed by atoms with Crippen LogP contribution in [-0.2, 0) is 14.3 Å². The minimum Gasteiger partial charge on any atom is -0.462 e. The molecular formula is C31H50O3. The predicted molar refractivity (Wildman–Crippen MR) is 135 cm³/mol. The molecule has 0 aromatic carbocycles. The Hall–Kier alpha value is -0.570. The van der Waals surface area contributed by atoms with E-state index in [1.54, 1.807) is 6.92 Å². The third kappa shape index (κ3) is 2.57. The van der Waals surface area contributed by atoms with Crippen molar-refractivity contribution >= 4 is 5.97 Å². The zero-order valence-electron chi connectivity index (χ0n) is 23.3. The first-order valence-corrected chi connectivity index (χ1v) is 14.6. The highest BCUT2D eigenvalue weighted by atomic mass is 16.6. The van der Waals surface area contributed by atoms with Gasteiger partial charge in [-0.2, -0.15) is 0 Å². The van der Waals surface area contributed by atoms with Gasteiger partial charge in [0.2, 0.25) is 0 Å². The molecule has 5 aliphatic carbocycles. The maximum absolute atomic E-state index is 11.9. The first-order chi connectivity index (χ1) is 15.8. The summed E-state index contributed by atoms with van der Waals surface area (Å²) in [5.41, 5.74) is 1.36. The number of carbonyl (C=O) groups is 1. The van der Waals surface area contributed by atoms with Gasteiger partial charge >= 0.3 is 5.97 Å². The van der Waals surface area contributed by atoms with Crippen molar-refractivity contribution in [1.82, 2.24) is 0 Å². The Kier molecular flexibility index (Phi) is 4.79. The fourth-order valence-electron chi connectivity index (χ4n) is 12.3. The summed E-state index contributed by atoms with van der Waals surface area (Å²) in [6.07, 6.45) is 12.8. The summed E-state index contributed by atoms with van der Waals surface area (Å²) in [5, 5.41) is 0. The lowest BCUT2D eigenvalue weighted by molar-refractivity contribution is -0.209. The van der Waals surface area contributed by atoms with Gasteiger partial charge in [-0.3, -0.25) is 4.79 Å². The summed E-state index contributed by atoms with van der Waals surface area (Å²) in [6.45, 7) is 19.3. The molecule has 0 radical (unpaired) electrons. The molecule has 1 heterocycles. The minimum atomic E-state index is -0.115. The van der Waals surface area contributed by atoms with E-state index in [0.29, 0.717) is 22.7 Å². The summed E-state index contributed by atoms with van der Waals surface area (Å²) < 4.78 is 13.2. The second kappa shape index (κ2) is 6.84. The molecule has 3 heteroatoms. The third-order valence-electron chi connectivity index (χ3n) is 13.9. The zero-order valence-corrected chi connectivity index (χ0v) is 23.3. The van der Waals surface area contributed by atoms with Crippen molar-refractivity contribution in [2.24, 2.45) is 51.2 Å². The van der Waals surface area contributed by atoms with Gasteiger partial charge in [-0.15, -0.1) is 0 Å². The minimum absolute atomic E-state index is 0.0368. The molecule has 192 valence electrons. The van der Waals surface area contributed by atoms with E-state index in [9.17, 15) is 4.79 Å². The Morgan fingerprint density at radius 1 is 0.824 bits per heavy atom. The Morgan fingerprint density at radius 2 is 1.53 bits per heavy atom. The lowest BCUT2D eigenvalue weighted by Gasteiger charge is -2.68. The van der Waals surface area contributed by atoms with Gasteiger partial charge in [-0.05, 0) is 105 Å². The molecule has 11 atom stereocenters.